The molecule has 0 radical (unpaired) electrons. The molecular formula is C12H18N2O. The summed E-state index contributed by atoms with van der Waals surface area (Å²) in [5.74, 6) is 1.61. The van der Waals surface area contributed by atoms with Gasteiger partial charge >= 0.3 is 0 Å². The average molecular weight is 206 g/mol. The van der Waals surface area contributed by atoms with E-state index < -0.39 is 0 Å². The van der Waals surface area contributed by atoms with E-state index in [0.29, 0.717) is 0 Å². The molecule has 1 aliphatic heterocycles. The molecule has 2 N–H and O–H groups in total. The summed E-state index contributed by atoms with van der Waals surface area (Å²) in [6.07, 6.45) is 1.27. The maximum absolute atomic E-state index is 5.86. The van der Waals surface area contributed by atoms with Gasteiger partial charge in [-0.05, 0) is 30.5 Å². The van der Waals surface area contributed by atoms with Gasteiger partial charge in [0.25, 0.3) is 0 Å². The van der Waals surface area contributed by atoms with Crippen LogP contribution in [0.4, 0.5) is 11.4 Å². The van der Waals surface area contributed by atoms with Crippen molar-refractivity contribution in [3.63, 3.8) is 0 Å². The summed E-state index contributed by atoms with van der Waals surface area (Å²) >= 11 is 0. The van der Waals surface area contributed by atoms with E-state index in [1.807, 2.05) is 12.1 Å². The zero-order chi connectivity index (χ0) is 10.8. The average Bonchev–Trinajstić information content (AvgIpc) is 2.16. The summed E-state index contributed by atoms with van der Waals surface area (Å²) in [6, 6.07) is 6.00. The van der Waals surface area contributed by atoms with Crippen molar-refractivity contribution >= 4 is 11.4 Å². The smallest absolute Gasteiger partial charge is 0.141 e. The summed E-state index contributed by atoms with van der Waals surface area (Å²) < 4.78 is 5.13. The zero-order valence-electron chi connectivity index (χ0n) is 9.36. The van der Waals surface area contributed by atoms with Crippen LogP contribution < -0.4 is 15.4 Å². The van der Waals surface area contributed by atoms with Gasteiger partial charge < -0.3 is 15.4 Å². The Balaban J connectivity index is 2.08. The number of rotatable bonds is 3. The minimum atomic E-state index is 0.718. The van der Waals surface area contributed by atoms with Gasteiger partial charge in [-0.3, -0.25) is 0 Å². The second kappa shape index (κ2) is 4.01. The Labute approximate surface area is 90.8 Å². The number of ether oxygens (including phenoxy) is 1. The van der Waals surface area contributed by atoms with Crippen molar-refractivity contribution in [3.05, 3.63) is 18.2 Å². The summed E-state index contributed by atoms with van der Waals surface area (Å²) in [6.45, 7) is 4.55. The van der Waals surface area contributed by atoms with E-state index >= 15 is 0 Å². The third kappa shape index (κ3) is 1.87. The summed E-state index contributed by atoms with van der Waals surface area (Å²) in [7, 11) is 1.64. The molecule has 82 valence electrons. The Kier molecular flexibility index (Phi) is 2.71. The number of anilines is 2. The molecule has 0 unspecified atom stereocenters. The highest BCUT2D eigenvalue weighted by Crippen LogP contribution is 2.31. The van der Waals surface area contributed by atoms with Gasteiger partial charge in [0.05, 0.1) is 12.8 Å². The minimum Gasteiger partial charge on any atom is -0.495 e. The molecule has 0 spiro atoms. The molecule has 1 fully saturated rings. The van der Waals surface area contributed by atoms with Crippen LogP contribution in [-0.4, -0.2) is 20.2 Å². The first kappa shape index (κ1) is 10.1. The lowest BCUT2D eigenvalue weighted by molar-refractivity contribution is 0.398. The molecule has 0 atom stereocenters. The molecule has 3 heteroatoms. The van der Waals surface area contributed by atoms with Crippen molar-refractivity contribution in [2.45, 2.75) is 13.3 Å². The lowest BCUT2D eigenvalue weighted by Gasteiger charge is -2.40. The van der Waals surface area contributed by atoms with E-state index in [1.165, 1.54) is 12.1 Å². The van der Waals surface area contributed by atoms with E-state index in [1.54, 1.807) is 7.11 Å². The number of methoxy groups -OCH3 is 1. The topological polar surface area (TPSA) is 38.5 Å². The van der Waals surface area contributed by atoms with Crippen LogP contribution in [0.25, 0.3) is 0 Å². The SMILES string of the molecule is CCC1CN(c2ccc(OC)c(N)c2)C1. The molecule has 1 saturated heterocycles. The van der Waals surface area contributed by atoms with Gasteiger partial charge in [-0.15, -0.1) is 0 Å². The molecule has 3 nitrogen and oxygen atoms in total. The molecule has 2 rings (SSSR count). The number of nitrogens with zero attached hydrogens (tertiary/aromatic N) is 1. The molecule has 1 aromatic rings. The van der Waals surface area contributed by atoms with Crippen molar-refractivity contribution < 1.29 is 4.74 Å². The van der Waals surface area contributed by atoms with Crippen LogP contribution in [0, 0.1) is 5.92 Å². The van der Waals surface area contributed by atoms with Crippen LogP contribution in [0.2, 0.25) is 0 Å². The standard InChI is InChI=1S/C12H18N2O/c1-3-9-7-14(8-9)10-4-5-12(15-2)11(13)6-10/h4-6,9H,3,7-8,13H2,1-2H3. The van der Waals surface area contributed by atoms with E-state index in [9.17, 15) is 0 Å². The lowest BCUT2D eigenvalue weighted by atomic mass is 9.96. The molecule has 0 bridgehead atoms. The molecular weight excluding hydrogens is 188 g/mol. The molecule has 0 aromatic heterocycles. The van der Waals surface area contributed by atoms with Crippen LogP contribution in [0.15, 0.2) is 18.2 Å². The number of benzene rings is 1. The van der Waals surface area contributed by atoms with E-state index in [2.05, 4.69) is 17.9 Å². The van der Waals surface area contributed by atoms with E-state index in [-0.39, 0.29) is 0 Å². The highest BCUT2D eigenvalue weighted by molar-refractivity contribution is 5.64. The Bertz CT molecular complexity index is 345. The second-order valence-corrected chi connectivity index (χ2v) is 4.11. The van der Waals surface area contributed by atoms with Gasteiger partial charge in [-0.2, -0.15) is 0 Å². The molecule has 1 aliphatic rings. The number of nitrogen functional groups attached to an aromatic ring is 1. The van der Waals surface area contributed by atoms with Gasteiger partial charge in [0.1, 0.15) is 5.75 Å². The lowest BCUT2D eigenvalue weighted by Crippen LogP contribution is -2.46. The molecule has 1 aromatic carbocycles. The van der Waals surface area contributed by atoms with Crippen molar-refractivity contribution in [1.29, 1.82) is 0 Å². The highest BCUT2D eigenvalue weighted by Gasteiger charge is 2.25. The van der Waals surface area contributed by atoms with Gasteiger partial charge in [0, 0.05) is 18.8 Å². The van der Waals surface area contributed by atoms with Crippen LogP contribution in [0.1, 0.15) is 13.3 Å². The Morgan fingerprint density at radius 2 is 2.20 bits per heavy atom. The Morgan fingerprint density at radius 1 is 1.47 bits per heavy atom. The summed E-state index contributed by atoms with van der Waals surface area (Å²) in [5.41, 5.74) is 7.79. The normalized spacial score (nSPS) is 16.3. The molecule has 1 heterocycles. The van der Waals surface area contributed by atoms with Crippen molar-refractivity contribution in [2.24, 2.45) is 5.92 Å². The monoisotopic (exact) mass is 206 g/mol. The van der Waals surface area contributed by atoms with E-state index in [4.69, 9.17) is 10.5 Å². The maximum atomic E-state index is 5.86. The molecule has 0 saturated carbocycles. The molecule has 0 amide bonds. The fraction of sp³-hybridized carbons (Fsp3) is 0.500. The van der Waals surface area contributed by atoms with Crippen LogP contribution >= 0.6 is 0 Å². The predicted octanol–water partition coefficient (Wildman–Crippen LogP) is 2.12. The largest absolute Gasteiger partial charge is 0.495 e. The van der Waals surface area contributed by atoms with Gasteiger partial charge in [-0.1, -0.05) is 6.92 Å². The second-order valence-electron chi connectivity index (χ2n) is 4.11. The van der Waals surface area contributed by atoms with Gasteiger partial charge in [-0.25, -0.2) is 0 Å². The third-order valence-corrected chi connectivity index (χ3v) is 3.11. The highest BCUT2D eigenvalue weighted by atomic mass is 16.5. The third-order valence-electron chi connectivity index (χ3n) is 3.11. The van der Waals surface area contributed by atoms with Crippen LogP contribution in [0.3, 0.4) is 0 Å². The number of nitrogens with two attached hydrogens (primary N) is 1. The first-order valence-corrected chi connectivity index (χ1v) is 5.43. The summed E-state index contributed by atoms with van der Waals surface area (Å²) in [4.78, 5) is 2.35. The molecule has 15 heavy (non-hydrogen) atoms. The van der Waals surface area contributed by atoms with Crippen molar-refractivity contribution in [2.75, 3.05) is 30.8 Å². The number of hydrogen-bond acceptors (Lipinski definition) is 3. The first-order chi connectivity index (χ1) is 7.24. The minimum absolute atomic E-state index is 0.718. The summed E-state index contributed by atoms with van der Waals surface area (Å²) in [5, 5.41) is 0. The van der Waals surface area contributed by atoms with Crippen molar-refractivity contribution in [3.8, 4) is 5.75 Å². The van der Waals surface area contributed by atoms with Crippen LogP contribution in [-0.2, 0) is 0 Å². The van der Waals surface area contributed by atoms with Gasteiger partial charge in [0.2, 0.25) is 0 Å². The fourth-order valence-corrected chi connectivity index (χ4v) is 1.96. The van der Waals surface area contributed by atoms with Crippen LogP contribution in [0.5, 0.6) is 5.75 Å². The first-order valence-electron chi connectivity index (χ1n) is 5.43. The fourth-order valence-electron chi connectivity index (χ4n) is 1.96. The maximum Gasteiger partial charge on any atom is 0.141 e. The van der Waals surface area contributed by atoms with Crippen molar-refractivity contribution in [1.82, 2.24) is 0 Å². The van der Waals surface area contributed by atoms with Gasteiger partial charge in [0.15, 0.2) is 0 Å². The predicted molar refractivity (Wildman–Crippen MR) is 63.4 cm³/mol. The zero-order valence-corrected chi connectivity index (χ0v) is 9.36. The quantitative estimate of drug-likeness (QED) is 0.770. The number of hydrogen-bond donors (Lipinski definition) is 1. The van der Waals surface area contributed by atoms with E-state index in [0.717, 1.165) is 30.4 Å². The molecule has 0 aliphatic carbocycles. The Morgan fingerprint density at radius 3 is 2.73 bits per heavy atom. The Hall–Kier alpha value is -1.38.